The van der Waals surface area contributed by atoms with Crippen molar-refractivity contribution < 1.29 is 26.4 Å². The van der Waals surface area contributed by atoms with E-state index in [0.717, 1.165) is 23.9 Å². The number of imidazole rings is 1. The first kappa shape index (κ1) is 24.1. The molecule has 1 heterocycles. The van der Waals surface area contributed by atoms with Crippen molar-refractivity contribution in [3.8, 4) is 0 Å². The minimum atomic E-state index is -4.45. The van der Waals surface area contributed by atoms with E-state index in [0.29, 0.717) is 34.7 Å². The van der Waals surface area contributed by atoms with E-state index in [1.54, 1.807) is 16.7 Å². The van der Waals surface area contributed by atoms with Crippen LogP contribution in [0, 0.1) is 0 Å². The van der Waals surface area contributed by atoms with E-state index in [9.17, 15) is 26.4 Å². The summed E-state index contributed by atoms with van der Waals surface area (Å²) < 4.78 is 63.5. The number of fused-ring (bicyclic) bond motifs is 1. The van der Waals surface area contributed by atoms with Crippen molar-refractivity contribution in [3.63, 3.8) is 0 Å². The van der Waals surface area contributed by atoms with Crippen LogP contribution in [0.4, 0.5) is 13.2 Å². The molecule has 172 valence electrons. The molecule has 0 bridgehead atoms. The second-order valence-electron chi connectivity index (χ2n) is 7.00. The van der Waals surface area contributed by atoms with Gasteiger partial charge in [-0.2, -0.15) is 13.2 Å². The summed E-state index contributed by atoms with van der Waals surface area (Å²) in [7, 11) is -3.78. The van der Waals surface area contributed by atoms with Gasteiger partial charge in [0.25, 0.3) is 0 Å². The number of halogens is 3. The van der Waals surface area contributed by atoms with Crippen molar-refractivity contribution >= 4 is 38.7 Å². The highest BCUT2D eigenvalue weighted by Crippen LogP contribution is 2.33. The molecule has 0 saturated carbocycles. The van der Waals surface area contributed by atoms with Gasteiger partial charge in [0.05, 0.1) is 27.2 Å². The number of nitrogens with two attached hydrogens (primary N) is 1. The highest BCUT2D eigenvalue weighted by molar-refractivity contribution is 7.99. The lowest BCUT2D eigenvalue weighted by Gasteiger charge is -2.10. The zero-order valence-electron chi connectivity index (χ0n) is 17.0. The van der Waals surface area contributed by atoms with Crippen molar-refractivity contribution in [1.82, 2.24) is 14.9 Å². The topological polar surface area (TPSA) is 107 Å². The summed E-state index contributed by atoms with van der Waals surface area (Å²) in [4.78, 5) is 16.6. The third-order valence-electron chi connectivity index (χ3n) is 4.56. The maximum atomic E-state index is 13.1. The zero-order valence-corrected chi connectivity index (χ0v) is 18.6. The highest BCUT2D eigenvalue weighted by Gasteiger charge is 2.31. The minimum absolute atomic E-state index is 0.0216. The molecule has 0 unspecified atom stereocenters. The van der Waals surface area contributed by atoms with Crippen LogP contribution in [-0.4, -0.2) is 29.6 Å². The first-order valence-electron chi connectivity index (χ1n) is 9.57. The van der Waals surface area contributed by atoms with Crippen LogP contribution in [0.2, 0.25) is 0 Å². The zero-order chi connectivity index (χ0) is 23.5. The van der Waals surface area contributed by atoms with Gasteiger partial charge in [-0.05, 0) is 42.3 Å². The Hall–Kier alpha value is -2.57. The third-order valence-corrected chi connectivity index (χ3v) is 6.47. The van der Waals surface area contributed by atoms with E-state index < -0.39 is 21.8 Å². The number of thioether (sulfide) groups is 1. The van der Waals surface area contributed by atoms with Crippen molar-refractivity contribution in [2.75, 3.05) is 5.75 Å². The predicted octanol–water partition coefficient (Wildman–Crippen LogP) is 3.52. The van der Waals surface area contributed by atoms with E-state index in [1.807, 2.05) is 6.92 Å². The van der Waals surface area contributed by atoms with E-state index in [4.69, 9.17) is 5.14 Å². The average molecular weight is 487 g/mol. The lowest BCUT2D eigenvalue weighted by molar-refractivity contribution is -0.137. The number of sulfonamides is 1. The Labute approximate surface area is 187 Å². The average Bonchev–Trinajstić information content (AvgIpc) is 3.07. The summed E-state index contributed by atoms with van der Waals surface area (Å²) in [5, 5.41) is 8.23. The fourth-order valence-electron chi connectivity index (χ4n) is 3.01. The summed E-state index contributed by atoms with van der Waals surface area (Å²) in [5.74, 6) is -0.273. The predicted molar refractivity (Wildman–Crippen MR) is 115 cm³/mol. The van der Waals surface area contributed by atoms with Crippen LogP contribution in [-0.2, 0) is 34.1 Å². The van der Waals surface area contributed by atoms with Gasteiger partial charge in [-0.25, -0.2) is 18.5 Å². The van der Waals surface area contributed by atoms with Crippen LogP contribution in [0.5, 0.6) is 0 Å². The number of amides is 1. The van der Waals surface area contributed by atoms with Crippen LogP contribution in [0.3, 0.4) is 0 Å². The maximum absolute atomic E-state index is 13.1. The number of alkyl halides is 3. The number of carbonyl (C=O) groups is 1. The number of rotatable bonds is 8. The summed E-state index contributed by atoms with van der Waals surface area (Å²) in [6, 6.07) is 9.21. The molecule has 3 rings (SSSR count). The second kappa shape index (κ2) is 9.51. The molecule has 12 heteroatoms. The molecule has 1 amide bonds. The molecule has 3 N–H and O–H groups in total. The molecule has 7 nitrogen and oxygen atoms in total. The van der Waals surface area contributed by atoms with E-state index in [-0.39, 0.29) is 23.1 Å². The monoisotopic (exact) mass is 486 g/mol. The molecule has 0 aliphatic heterocycles. The normalized spacial score (nSPS) is 12.3. The van der Waals surface area contributed by atoms with E-state index in [1.165, 1.54) is 18.2 Å². The summed E-state index contributed by atoms with van der Waals surface area (Å²) >= 11 is 1.14. The van der Waals surface area contributed by atoms with Gasteiger partial charge in [0.15, 0.2) is 5.16 Å². The number of benzene rings is 2. The van der Waals surface area contributed by atoms with Gasteiger partial charge in [-0.3, -0.25) is 4.79 Å². The SMILES string of the molecule is CCCn1c(SCC(=O)NCc2ccc(S(N)(=O)=O)cc2)nc2ccc(C(F)(F)F)cc21. The molecule has 0 aliphatic carbocycles. The molecule has 1 aromatic heterocycles. The second-order valence-corrected chi connectivity index (χ2v) is 9.51. The first-order valence-corrected chi connectivity index (χ1v) is 12.1. The molecule has 0 radical (unpaired) electrons. The smallest absolute Gasteiger partial charge is 0.351 e. The molecular weight excluding hydrogens is 465 g/mol. The Morgan fingerprint density at radius 1 is 1.19 bits per heavy atom. The van der Waals surface area contributed by atoms with Crippen LogP contribution in [0.25, 0.3) is 11.0 Å². The number of aromatic nitrogens is 2. The van der Waals surface area contributed by atoms with Gasteiger partial charge in [-0.15, -0.1) is 0 Å². The molecule has 0 spiro atoms. The standard InChI is InChI=1S/C20H21F3N4O3S2/c1-2-9-27-17-10-14(20(21,22)23)5-8-16(17)26-19(27)31-12-18(28)25-11-13-3-6-15(7-4-13)32(24,29)30/h3-8,10H,2,9,11-12H2,1H3,(H,25,28)(H2,24,29,30). The van der Waals surface area contributed by atoms with Crippen LogP contribution in [0.15, 0.2) is 52.5 Å². The number of aryl methyl sites for hydroxylation is 1. The Morgan fingerprint density at radius 3 is 2.47 bits per heavy atom. The Morgan fingerprint density at radius 2 is 1.88 bits per heavy atom. The largest absolute Gasteiger partial charge is 0.416 e. The number of carbonyl (C=O) groups excluding carboxylic acids is 1. The van der Waals surface area contributed by atoms with Gasteiger partial charge >= 0.3 is 6.18 Å². The number of hydrogen-bond donors (Lipinski definition) is 2. The molecular formula is C20H21F3N4O3S2. The molecule has 3 aromatic rings. The lowest BCUT2D eigenvalue weighted by Crippen LogP contribution is -2.24. The molecule has 32 heavy (non-hydrogen) atoms. The van der Waals surface area contributed by atoms with Gasteiger partial charge in [0, 0.05) is 13.1 Å². The minimum Gasteiger partial charge on any atom is -0.351 e. The van der Waals surface area contributed by atoms with Crippen LogP contribution in [0.1, 0.15) is 24.5 Å². The maximum Gasteiger partial charge on any atom is 0.416 e. The van der Waals surface area contributed by atoms with Crippen molar-refractivity contribution in [2.45, 2.75) is 42.7 Å². The fourth-order valence-corrected chi connectivity index (χ4v) is 4.39. The first-order chi connectivity index (χ1) is 15.0. The third kappa shape index (κ3) is 5.81. The number of hydrogen-bond acceptors (Lipinski definition) is 5. The van der Waals surface area contributed by atoms with Gasteiger partial charge in [0.1, 0.15) is 0 Å². The van der Waals surface area contributed by atoms with E-state index >= 15 is 0 Å². The molecule has 0 saturated heterocycles. The molecule has 2 aromatic carbocycles. The van der Waals surface area contributed by atoms with Crippen molar-refractivity contribution in [1.29, 1.82) is 0 Å². The van der Waals surface area contributed by atoms with E-state index in [2.05, 4.69) is 10.3 Å². The molecule has 0 fully saturated rings. The van der Waals surface area contributed by atoms with Gasteiger partial charge in [0.2, 0.25) is 15.9 Å². The number of nitrogens with zero attached hydrogens (tertiary/aromatic N) is 2. The number of primary sulfonamides is 1. The summed E-state index contributed by atoms with van der Waals surface area (Å²) in [5.41, 5.74) is 0.752. The summed E-state index contributed by atoms with van der Waals surface area (Å²) in [6.45, 7) is 2.56. The fraction of sp³-hybridized carbons (Fsp3) is 0.300. The molecule has 0 aliphatic rings. The Balaban J connectivity index is 1.67. The highest BCUT2D eigenvalue weighted by atomic mass is 32.2. The summed E-state index contributed by atoms with van der Waals surface area (Å²) in [6.07, 6.45) is -3.76. The Bertz CT molecular complexity index is 1220. The van der Waals surface area contributed by atoms with Crippen molar-refractivity contribution in [3.05, 3.63) is 53.6 Å². The number of nitrogens with one attached hydrogen (secondary N) is 1. The van der Waals surface area contributed by atoms with Crippen LogP contribution < -0.4 is 10.5 Å². The Kier molecular flexibility index (Phi) is 7.16. The van der Waals surface area contributed by atoms with Crippen LogP contribution >= 0.6 is 11.8 Å². The quantitative estimate of drug-likeness (QED) is 0.474. The lowest BCUT2D eigenvalue weighted by atomic mass is 10.2. The van der Waals surface area contributed by atoms with Gasteiger partial charge < -0.3 is 9.88 Å². The van der Waals surface area contributed by atoms with Crippen molar-refractivity contribution in [2.24, 2.45) is 5.14 Å². The van der Waals surface area contributed by atoms with Gasteiger partial charge in [-0.1, -0.05) is 30.8 Å². The molecule has 0 atom stereocenters.